The number of fused-ring (bicyclic) bond motifs is 1. The third-order valence-corrected chi connectivity index (χ3v) is 6.34. The lowest BCUT2D eigenvalue weighted by molar-refractivity contribution is -0.120. The molecule has 0 aliphatic carbocycles. The molecule has 1 amide bonds. The third-order valence-electron chi connectivity index (χ3n) is 4.60. The zero-order chi connectivity index (χ0) is 20.3. The average molecular weight is 413 g/mol. The highest BCUT2D eigenvalue weighted by Crippen LogP contribution is 2.24. The summed E-state index contributed by atoms with van der Waals surface area (Å²) in [5.41, 5.74) is -0.411. The second-order valence-electron chi connectivity index (χ2n) is 6.82. The Balaban J connectivity index is 1.92. The predicted molar refractivity (Wildman–Crippen MR) is 113 cm³/mol. The van der Waals surface area contributed by atoms with Gasteiger partial charge in [-0.2, -0.15) is 5.26 Å². The van der Waals surface area contributed by atoms with Crippen molar-refractivity contribution in [3.8, 4) is 11.8 Å². The number of thioether (sulfide) groups is 1. The Morgan fingerprint density at radius 2 is 2.07 bits per heavy atom. The quantitative estimate of drug-likeness (QED) is 0.494. The van der Waals surface area contributed by atoms with Gasteiger partial charge < -0.3 is 5.32 Å². The van der Waals surface area contributed by atoms with Crippen LogP contribution in [0.25, 0.3) is 15.9 Å². The van der Waals surface area contributed by atoms with E-state index in [1.165, 1.54) is 27.7 Å². The molecule has 0 saturated carbocycles. The van der Waals surface area contributed by atoms with Crippen LogP contribution in [0.2, 0.25) is 0 Å². The number of carbonyl (C=O) groups is 1. The van der Waals surface area contributed by atoms with Crippen LogP contribution in [0.15, 0.2) is 51.7 Å². The Kier molecular flexibility index (Phi) is 5.87. The van der Waals surface area contributed by atoms with Gasteiger partial charge >= 0.3 is 0 Å². The number of thiophene rings is 1. The van der Waals surface area contributed by atoms with Gasteiger partial charge in [0.05, 0.1) is 22.9 Å². The molecule has 1 atom stereocenters. The van der Waals surface area contributed by atoms with E-state index in [-0.39, 0.29) is 23.1 Å². The van der Waals surface area contributed by atoms with E-state index >= 15 is 0 Å². The Labute approximate surface area is 171 Å². The molecule has 3 aromatic rings. The zero-order valence-corrected chi connectivity index (χ0v) is 17.4. The summed E-state index contributed by atoms with van der Waals surface area (Å²) < 4.78 is 1.53. The zero-order valence-electron chi connectivity index (χ0n) is 15.8. The van der Waals surface area contributed by atoms with Crippen LogP contribution in [0.3, 0.4) is 0 Å². The molecule has 0 unspecified atom stereocenters. The molecule has 3 rings (SSSR count). The van der Waals surface area contributed by atoms with E-state index in [1.54, 1.807) is 13.0 Å². The van der Waals surface area contributed by atoms with Gasteiger partial charge in [0, 0.05) is 0 Å². The lowest BCUT2D eigenvalue weighted by Crippen LogP contribution is -2.49. The first kappa shape index (κ1) is 20.1. The molecular formula is C20H20N4O2S2. The number of para-hydroxylation sites is 1. The maximum absolute atomic E-state index is 13.0. The van der Waals surface area contributed by atoms with Crippen LogP contribution in [0.5, 0.6) is 0 Å². The SMILES string of the molecule is CC(C)[C@](C)(C#N)NC(=O)CSc1nc2sccc2c(=O)n1-c1ccccc1. The molecule has 2 aromatic heterocycles. The summed E-state index contributed by atoms with van der Waals surface area (Å²) in [5.74, 6) is -0.252. The minimum atomic E-state index is -0.943. The second-order valence-corrected chi connectivity index (χ2v) is 8.65. The van der Waals surface area contributed by atoms with Crippen molar-refractivity contribution in [1.29, 1.82) is 5.26 Å². The normalized spacial score (nSPS) is 13.2. The fourth-order valence-corrected chi connectivity index (χ4v) is 4.17. The summed E-state index contributed by atoms with van der Waals surface area (Å²) in [7, 11) is 0. The van der Waals surface area contributed by atoms with Crippen LogP contribution in [-0.4, -0.2) is 26.8 Å². The predicted octanol–water partition coefficient (Wildman–Crippen LogP) is 3.59. The van der Waals surface area contributed by atoms with Crippen molar-refractivity contribution in [2.45, 2.75) is 31.5 Å². The van der Waals surface area contributed by atoms with Gasteiger partial charge in [0.2, 0.25) is 5.91 Å². The van der Waals surface area contributed by atoms with E-state index in [2.05, 4.69) is 16.4 Å². The first-order valence-electron chi connectivity index (χ1n) is 8.76. The fraction of sp³-hybridized carbons (Fsp3) is 0.300. The Morgan fingerprint density at radius 1 is 1.36 bits per heavy atom. The minimum absolute atomic E-state index is 0.0328. The van der Waals surface area contributed by atoms with Gasteiger partial charge in [-0.15, -0.1) is 11.3 Å². The summed E-state index contributed by atoms with van der Waals surface area (Å²) in [6.45, 7) is 5.47. The van der Waals surface area contributed by atoms with Crippen LogP contribution in [-0.2, 0) is 4.79 Å². The highest BCUT2D eigenvalue weighted by molar-refractivity contribution is 7.99. The van der Waals surface area contributed by atoms with Crippen molar-refractivity contribution in [1.82, 2.24) is 14.9 Å². The van der Waals surface area contributed by atoms with E-state index < -0.39 is 5.54 Å². The van der Waals surface area contributed by atoms with Gasteiger partial charge in [-0.1, -0.05) is 43.8 Å². The van der Waals surface area contributed by atoms with Crippen molar-refractivity contribution in [3.05, 3.63) is 52.1 Å². The summed E-state index contributed by atoms with van der Waals surface area (Å²) in [5, 5.41) is 15.0. The van der Waals surface area contributed by atoms with E-state index in [9.17, 15) is 14.9 Å². The Hall–Kier alpha value is -2.63. The summed E-state index contributed by atoms with van der Waals surface area (Å²) in [6.07, 6.45) is 0. The van der Waals surface area contributed by atoms with Crippen LogP contribution in [0, 0.1) is 17.2 Å². The van der Waals surface area contributed by atoms with Crippen molar-refractivity contribution >= 4 is 39.2 Å². The molecule has 1 N–H and O–H groups in total. The van der Waals surface area contributed by atoms with Crippen LogP contribution in [0.4, 0.5) is 0 Å². The number of aromatic nitrogens is 2. The van der Waals surface area contributed by atoms with E-state index in [0.29, 0.717) is 21.1 Å². The van der Waals surface area contributed by atoms with Gasteiger partial charge in [-0.25, -0.2) is 4.98 Å². The number of nitrogens with one attached hydrogen (secondary N) is 1. The number of rotatable bonds is 6. The lowest BCUT2D eigenvalue weighted by atomic mass is 9.90. The van der Waals surface area contributed by atoms with Crippen molar-refractivity contribution in [2.75, 3.05) is 5.75 Å². The van der Waals surface area contributed by atoms with Gasteiger partial charge in [0.15, 0.2) is 5.16 Å². The molecule has 8 heteroatoms. The number of hydrogen-bond acceptors (Lipinski definition) is 6. The van der Waals surface area contributed by atoms with Gasteiger partial charge in [-0.3, -0.25) is 14.2 Å². The second kappa shape index (κ2) is 8.17. The standard InChI is InChI=1S/C20H20N4O2S2/c1-13(2)20(3,12-21)23-16(25)11-28-19-22-17-15(9-10-27-17)18(26)24(19)14-7-5-4-6-8-14/h4-10,13H,11H2,1-3H3,(H,23,25)/t20-/m0/s1. The molecule has 0 fully saturated rings. The van der Waals surface area contributed by atoms with E-state index in [4.69, 9.17) is 0 Å². The third kappa shape index (κ3) is 3.96. The maximum Gasteiger partial charge on any atom is 0.267 e. The first-order chi connectivity index (χ1) is 13.4. The molecule has 0 radical (unpaired) electrons. The molecule has 2 heterocycles. The average Bonchev–Trinajstić information content (AvgIpc) is 3.16. The number of amides is 1. The highest BCUT2D eigenvalue weighted by Gasteiger charge is 2.30. The molecule has 6 nitrogen and oxygen atoms in total. The van der Waals surface area contributed by atoms with Gasteiger partial charge in [-0.05, 0) is 36.4 Å². The van der Waals surface area contributed by atoms with Crippen LogP contribution in [0.1, 0.15) is 20.8 Å². The topological polar surface area (TPSA) is 87.8 Å². The molecule has 0 spiro atoms. The number of nitriles is 1. The van der Waals surface area contributed by atoms with Gasteiger partial charge in [0.1, 0.15) is 10.4 Å². The van der Waals surface area contributed by atoms with E-state index in [0.717, 1.165) is 0 Å². The molecule has 144 valence electrons. The molecule has 0 bridgehead atoms. The van der Waals surface area contributed by atoms with E-state index in [1.807, 2.05) is 49.6 Å². The number of carbonyl (C=O) groups excluding carboxylic acids is 1. The molecule has 0 aliphatic heterocycles. The van der Waals surface area contributed by atoms with Crippen molar-refractivity contribution < 1.29 is 4.79 Å². The van der Waals surface area contributed by atoms with Crippen LogP contribution < -0.4 is 10.9 Å². The molecule has 1 aromatic carbocycles. The lowest BCUT2D eigenvalue weighted by Gasteiger charge is -2.27. The maximum atomic E-state index is 13.0. The summed E-state index contributed by atoms with van der Waals surface area (Å²) in [4.78, 5) is 30.7. The van der Waals surface area contributed by atoms with Crippen molar-refractivity contribution in [2.24, 2.45) is 5.92 Å². The minimum Gasteiger partial charge on any atom is -0.337 e. The van der Waals surface area contributed by atoms with Gasteiger partial charge in [0.25, 0.3) is 5.56 Å². The number of nitrogens with zero attached hydrogens (tertiary/aromatic N) is 3. The first-order valence-corrected chi connectivity index (χ1v) is 10.6. The fourth-order valence-electron chi connectivity index (χ4n) is 2.55. The van der Waals surface area contributed by atoms with Crippen molar-refractivity contribution in [3.63, 3.8) is 0 Å². The number of hydrogen-bond donors (Lipinski definition) is 1. The van der Waals surface area contributed by atoms with Crippen LogP contribution >= 0.6 is 23.1 Å². The Bertz CT molecular complexity index is 1100. The largest absolute Gasteiger partial charge is 0.337 e. The number of benzene rings is 1. The highest BCUT2D eigenvalue weighted by atomic mass is 32.2. The molecular weight excluding hydrogens is 392 g/mol. The monoisotopic (exact) mass is 412 g/mol. The smallest absolute Gasteiger partial charge is 0.267 e. The Morgan fingerprint density at radius 3 is 2.71 bits per heavy atom. The molecule has 28 heavy (non-hydrogen) atoms. The molecule has 0 saturated heterocycles. The summed E-state index contributed by atoms with van der Waals surface area (Å²) in [6, 6.07) is 13.2. The summed E-state index contributed by atoms with van der Waals surface area (Å²) >= 11 is 2.57. The molecule has 0 aliphatic rings.